The van der Waals surface area contributed by atoms with Crippen molar-refractivity contribution >= 4 is 43.2 Å². The molecule has 0 aliphatic rings. The fourth-order valence-electron chi connectivity index (χ4n) is 2.04. The van der Waals surface area contributed by atoms with E-state index in [0.717, 1.165) is 16.7 Å². The van der Waals surface area contributed by atoms with Crippen molar-refractivity contribution < 1.29 is 4.92 Å². The third kappa shape index (κ3) is 2.27. The molecule has 0 fully saturated rings. The Bertz CT molecular complexity index is 584. The fraction of sp³-hybridized carbons (Fsp3) is 0.417. The largest absolute Gasteiger partial charge is 0.299 e. The number of alkyl halides is 1. The number of thiazole rings is 1. The molecule has 0 N–H and O–H groups in total. The highest BCUT2D eigenvalue weighted by Crippen LogP contribution is 2.38. The molecule has 0 saturated carbocycles. The number of nitro groups is 1. The summed E-state index contributed by atoms with van der Waals surface area (Å²) < 4.78 is 0.861. The Hall–Kier alpha value is -1.01. The molecule has 0 amide bonds. The van der Waals surface area contributed by atoms with E-state index < -0.39 is 0 Å². The summed E-state index contributed by atoms with van der Waals surface area (Å²) in [6.45, 7) is 4.06. The molecule has 0 bridgehead atoms. The number of rotatable bonds is 4. The highest BCUT2D eigenvalue weighted by molar-refractivity contribution is 9.09. The average Bonchev–Trinajstić information content (AvgIpc) is 2.83. The number of aromatic nitrogens is 1. The molecule has 2 rings (SSSR count). The van der Waals surface area contributed by atoms with E-state index in [1.165, 1.54) is 11.3 Å². The number of nitrogens with zero attached hydrogens (tertiary/aromatic N) is 2. The third-order valence-electron chi connectivity index (χ3n) is 3.11. The molecule has 4 nitrogen and oxygen atoms in total. The normalized spacial score (nSPS) is 14.6. The van der Waals surface area contributed by atoms with Crippen molar-refractivity contribution in [1.29, 1.82) is 0 Å². The van der Waals surface area contributed by atoms with Crippen LogP contribution in [-0.4, -0.2) is 14.7 Å². The minimum atomic E-state index is -0.316. The van der Waals surface area contributed by atoms with Crippen molar-refractivity contribution in [2.24, 2.45) is 0 Å². The van der Waals surface area contributed by atoms with Gasteiger partial charge in [0, 0.05) is 16.3 Å². The van der Waals surface area contributed by atoms with Gasteiger partial charge < -0.3 is 0 Å². The first-order valence-electron chi connectivity index (χ1n) is 5.70. The monoisotopic (exact) mass is 328 g/mol. The second kappa shape index (κ2) is 5.32. The molecule has 1 aromatic carbocycles. The van der Waals surface area contributed by atoms with Gasteiger partial charge in [-0.3, -0.25) is 10.1 Å². The molecular weight excluding hydrogens is 316 g/mol. The lowest BCUT2D eigenvalue weighted by atomic mass is 9.94. The molecule has 6 heteroatoms. The molecule has 18 heavy (non-hydrogen) atoms. The van der Waals surface area contributed by atoms with E-state index in [4.69, 9.17) is 0 Å². The number of benzene rings is 1. The van der Waals surface area contributed by atoms with E-state index in [1.807, 2.05) is 19.1 Å². The van der Waals surface area contributed by atoms with E-state index in [9.17, 15) is 10.1 Å². The van der Waals surface area contributed by atoms with Gasteiger partial charge in [-0.05, 0) is 12.5 Å². The Balaban J connectivity index is 2.62. The minimum absolute atomic E-state index is 0.0847. The summed E-state index contributed by atoms with van der Waals surface area (Å²) in [6, 6.07) is 3.77. The van der Waals surface area contributed by atoms with Crippen molar-refractivity contribution in [3.63, 3.8) is 0 Å². The van der Waals surface area contributed by atoms with E-state index in [-0.39, 0.29) is 21.4 Å². The van der Waals surface area contributed by atoms with Crippen LogP contribution < -0.4 is 0 Å². The Kier molecular flexibility index (Phi) is 3.97. The summed E-state index contributed by atoms with van der Waals surface area (Å²) in [6.07, 6.45) is 0.924. The van der Waals surface area contributed by atoms with E-state index >= 15 is 0 Å². The van der Waals surface area contributed by atoms with Crippen LogP contribution >= 0.6 is 27.3 Å². The van der Waals surface area contributed by atoms with Gasteiger partial charge in [0.25, 0.3) is 5.69 Å². The van der Waals surface area contributed by atoms with Crippen LogP contribution in [0.4, 0.5) is 5.69 Å². The van der Waals surface area contributed by atoms with Gasteiger partial charge in [0.1, 0.15) is 0 Å². The molecule has 1 heterocycles. The van der Waals surface area contributed by atoms with Crippen molar-refractivity contribution in [3.05, 3.63) is 33.3 Å². The van der Waals surface area contributed by atoms with Crippen molar-refractivity contribution in [3.8, 4) is 0 Å². The number of halogens is 1. The minimum Gasteiger partial charge on any atom is -0.258 e. The van der Waals surface area contributed by atoms with Gasteiger partial charge in [-0.2, -0.15) is 0 Å². The van der Waals surface area contributed by atoms with Crippen LogP contribution in [0.15, 0.2) is 17.6 Å². The summed E-state index contributed by atoms with van der Waals surface area (Å²) >= 11 is 5.00. The zero-order valence-electron chi connectivity index (χ0n) is 10.1. The summed E-state index contributed by atoms with van der Waals surface area (Å²) in [5.41, 5.74) is 3.06. The highest BCUT2D eigenvalue weighted by atomic mass is 79.9. The SMILES string of the molecule is CCC(Br)C(C)c1ccc2scnc2c1[N+](=O)[O-]. The Morgan fingerprint density at radius 2 is 2.28 bits per heavy atom. The van der Waals surface area contributed by atoms with E-state index in [2.05, 4.69) is 27.8 Å². The van der Waals surface area contributed by atoms with Gasteiger partial charge in [-0.1, -0.05) is 35.8 Å². The predicted molar refractivity (Wildman–Crippen MR) is 77.7 cm³/mol. The molecule has 0 radical (unpaired) electrons. The summed E-state index contributed by atoms with van der Waals surface area (Å²) in [5, 5.41) is 11.3. The molecular formula is C12H13BrN2O2S. The van der Waals surface area contributed by atoms with Gasteiger partial charge >= 0.3 is 0 Å². The second-order valence-electron chi connectivity index (χ2n) is 4.17. The van der Waals surface area contributed by atoms with Crippen molar-refractivity contribution in [2.75, 3.05) is 0 Å². The van der Waals surface area contributed by atoms with Crippen LogP contribution in [0.3, 0.4) is 0 Å². The molecule has 2 atom stereocenters. The number of nitro benzene ring substituents is 1. The van der Waals surface area contributed by atoms with Gasteiger partial charge in [0.05, 0.1) is 15.1 Å². The van der Waals surface area contributed by atoms with Crippen LogP contribution in [0.1, 0.15) is 31.7 Å². The zero-order chi connectivity index (χ0) is 13.3. The van der Waals surface area contributed by atoms with Crippen LogP contribution in [0.5, 0.6) is 0 Å². The first kappa shape index (κ1) is 13.4. The van der Waals surface area contributed by atoms with Crippen molar-refractivity contribution in [2.45, 2.75) is 31.0 Å². The maximum absolute atomic E-state index is 11.3. The second-order valence-corrected chi connectivity index (χ2v) is 6.24. The first-order valence-corrected chi connectivity index (χ1v) is 7.50. The predicted octanol–water partition coefficient (Wildman–Crippen LogP) is 4.48. The van der Waals surface area contributed by atoms with E-state index in [0.29, 0.717) is 5.52 Å². The number of hydrogen-bond donors (Lipinski definition) is 0. The van der Waals surface area contributed by atoms with Crippen LogP contribution in [-0.2, 0) is 0 Å². The van der Waals surface area contributed by atoms with Crippen LogP contribution in [0, 0.1) is 10.1 Å². The lowest BCUT2D eigenvalue weighted by molar-refractivity contribution is -0.384. The molecule has 1 aromatic heterocycles. The lowest BCUT2D eigenvalue weighted by Crippen LogP contribution is -2.10. The van der Waals surface area contributed by atoms with E-state index in [1.54, 1.807) is 5.51 Å². The fourth-order valence-corrected chi connectivity index (χ4v) is 3.00. The van der Waals surface area contributed by atoms with Gasteiger partial charge in [-0.25, -0.2) is 4.98 Å². The number of hydrogen-bond acceptors (Lipinski definition) is 4. The maximum Gasteiger partial charge on any atom is 0.299 e. The molecule has 0 spiro atoms. The standard InChI is InChI=1S/C12H13BrN2O2S/c1-3-9(13)7(2)8-4-5-10-11(14-6-18-10)12(8)15(16)17/h4-7,9H,3H2,1-2H3. The lowest BCUT2D eigenvalue weighted by Gasteiger charge is -2.17. The highest BCUT2D eigenvalue weighted by Gasteiger charge is 2.26. The van der Waals surface area contributed by atoms with Gasteiger partial charge in [0.15, 0.2) is 5.52 Å². The molecule has 0 aliphatic carbocycles. The summed E-state index contributed by atoms with van der Waals surface area (Å²) in [4.78, 5) is 15.3. The molecule has 2 aromatic rings. The topological polar surface area (TPSA) is 56.0 Å². The van der Waals surface area contributed by atoms with Crippen LogP contribution in [0.2, 0.25) is 0 Å². The average molecular weight is 329 g/mol. The molecule has 96 valence electrons. The zero-order valence-corrected chi connectivity index (χ0v) is 12.5. The molecule has 0 aliphatic heterocycles. The Morgan fingerprint density at radius 3 is 2.89 bits per heavy atom. The first-order chi connectivity index (χ1) is 8.56. The Labute approximate surface area is 117 Å². The van der Waals surface area contributed by atoms with Gasteiger partial charge in [-0.15, -0.1) is 11.3 Å². The molecule has 0 saturated heterocycles. The summed E-state index contributed by atoms with van der Waals surface area (Å²) in [7, 11) is 0. The molecule has 2 unspecified atom stereocenters. The number of fused-ring (bicyclic) bond motifs is 1. The summed E-state index contributed by atoms with van der Waals surface area (Å²) in [5.74, 6) is 0.0847. The quantitative estimate of drug-likeness (QED) is 0.472. The third-order valence-corrected chi connectivity index (χ3v) is 5.35. The Morgan fingerprint density at radius 1 is 1.56 bits per heavy atom. The van der Waals surface area contributed by atoms with Crippen molar-refractivity contribution in [1.82, 2.24) is 4.98 Å². The smallest absolute Gasteiger partial charge is 0.258 e. The van der Waals surface area contributed by atoms with Gasteiger partial charge in [0.2, 0.25) is 0 Å². The maximum atomic E-state index is 11.3. The van der Waals surface area contributed by atoms with Crippen LogP contribution in [0.25, 0.3) is 10.2 Å².